The first kappa shape index (κ1) is 14.5. The summed E-state index contributed by atoms with van der Waals surface area (Å²) in [7, 11) is 0. The van der Waals surface area contributed by atoms with Crippen LogP contribution in [-0.2, 0) is 0 Å². The summed E-state index contributed by atoms with van der Waals surface area (Å²) in [5, 5.41) is 0. The van der Waals surface area contributed by atoms with E-state index in [4.69, 9.17) is 0 Å². The van der Waals surface area contributed by atoms with Gasteiger partial charge in [0.05, 0.1) is 29.3 Å². The molecular formula is C16H13N5O2. The molecule has 0 aliphatic carbocycles. The summed E-state index contributed by atoms with van der Waals surface area (Å²) in [6.07, 6.45) is 7.82. The van der Waals surface area contributed by atoms with Crippen LogP contribution in [0.5, 0.6) is 0 Å². The van der Waals surface area contributed by atoms with E-state index in [1.807, 2.05) is 0 Å². The van der Waals surface area contributed by atoms with E-state index >= 15 is 0 Å². The normalized spacial score (nSPS) is 10.1. The molecule has 114 valence electrons. The second-order valence-corrected chi connectivity index (χ2v) is 4.66. The standard InChI is InChI=1S/C16H13N5O2/c22-15-5-1-2-7-21(15)14-8-13(10-18-11-14)19-20-16(23)12-4-3-6-17-9-12/h1-11,19H,(H,20,23). The van der Waals surface area contributed by atoms with Crippen molar-refractivity contribution in [3.8, 4) is 5.69 Å². The molecule has 0 radical (unpaired) electrons. The summed E-state index contributed by atoms with van der Waals surface area (Å²) < 4.78 is 1.46. The highest BCUT2D eigenvalue weighted by Crippen LogP contribution is 2.10. The maximum Gasteiger partial charge on any atom is 0.271 e. The molecule has 7 heteroatoms. The number of carbonyl (C=O) groups excluding carboxylic acids is 1. The largest absolute Gasteiger partial charge is 0.297 e. The van der Waals surface area contributed by atoms with Crippen molar-refractivity contribution in [2.24, 2.45) is 0 Å². The van der Waals surface area contributed by atoms with Gasteiger partial charge >= 0.3 is 0 Å². The minimum absolute atomic E-state index is 0.161. The Kier molecular flexibility index (Phi) is 4.10. The summed E-state index contributed by atoms with van der Waals surface area (Å²) in [4.78, 5) is 31.7. The summed E-state index contributed by atoms with van der Waals surface area (Å²) in [6.45, 7) is 0. The molecule has 0 saturated carbocycles. The fourth-order valence-corrected chi connectivity index (χ4v) is 1.97. The van der Waals surface area contributed by atoms with Crippen LogP contribution in [0.1, 0.15) is 10.4 Å². The SMILES string of the molecule is O=C(NNc1cncc(-n2ccccc2=O)c1)c1cccnc1. The van der Waals surface area contributed by atoms with E-state index in [0.717, 1.165) is 0 Å². The molecule has 0 unspecified atom stereocenters. The highest BCUT2D eigenvalue weighted by atomic mass is 16.2. The lowest BCUT2D eigenvalue weighted by Gasteiger charge is -2.10. The Morgan fingerprint density at radius 1 is 1.04 bits per heavy atom. The third kappa shape index (κ3) is 3.41. The van der Waals surface area contributed by atoms with Gasteiger partial charge in [-0.15, -0.1) is 0 Å². The Hall–Kier alpha value is -3.48. The van der Waals surface area contributed by atoms with Crippen LogP contribution >= 0.6 is 0 Å². The van der Waals surface area contributed by atoms with Crippen molar-refractivity contribution in [2.45, 2.75) is 0 Å². The summed E-state index contributed by atoms with van der Waals surface area (Å²) in [5.41, 5.74) is 6.74. The maximum absolute atomic E-state index is 11.9. The average molecular weight is 307 g/mol. The second-order valence-electron chi connectivity index (χ2n) is 4.66. The summed E-state index contributed by atoms with van der Waals surface area (Å²) in [5.74, 6) is -0.319. The molecule has 0 bridgehead atoms. The first-order valence-corrected chi connectivity index (χ1v) is 6.83. The van der Waals surface area contributed by atoms with Crippen molar-refractivity contribution in [1.82, 2.24) is 20.0 Å². The van der Waals surface area contributed by atoms with Gasteiger partial charge in [0, 0.05) is 24.7 Å². The van der Waals surface area contributed by atoms with Gasteiger partial charge in [-0.05, 0) is 24.3 Å². The number of anilines is 1. The molecule has 1 amide bonds. The number of hydrogen-bond donors (Lipinski definition) is 2. The van der Waals surface area contributed by atoms with Crippen LogP contribution in [0.3, 0.4) is 0 Å². The van der Waals surface area contributed by atoms with Gasteiger partial charge in [-0.2, -0.15) is 0 Å². The number of amides is 1. The number of nitrogens with one attached hydrogen (secondary N) is 2. The number of nitrogens with zero attached hydrogens (tertiary/aromatic N) is 3. The number of carbonyl (C=O) groups is 1. The van der Waals surface area contributed by atoms with Crippen molar-refractivity contribution in [3.63, 3.8) is 0 Å². The molecule has 0 saturated heterocycles. The number of pyridine rings is 3. The first-order valence-electron chi connectivity index (χ1n) is 6.83. The molecule has 0 aromatic carbocycles. The summed E-state index contributed by atoms with van der Waals surface area (Å²) in [6, 6.07) is 9.93. The van der Waals surface area contributed by atoms with Gasteiger partial charge in [0.25, 0.3) is 11.5 Å². The van der Waals surface area contributed by atoms with Crippen molar-refractivity contribution >= 4 is 11.6 Å². The minimum Gasteiger partial charge on any atom is -0.297 e. The lowest BCUT2D eigenvalue weighted by Crippen LogP contribution is -2.29. The van der Waals surface area contributed by atoms with Gasteiger partial charge in [-0.1, -0.05) is 6.07 Å². The second kappa shape index (κ2) is 6.52. The predicted octanol–water partition coefficient (Wildman–Crippen LogP) is 1.38. The molecule has 7 nitrogen and oxygen atoms in total. The van der Waals surface area contributed by atoms with Gasteiger partial charge < -0.3 is 0 Å². The lowest BCUT2D eigenvalue weighted by molar-refractivity contribution is 0.0962. The van der Waals surface area contributed by atoms with E-state index in [0.29, 0.717) is 16.9 Å². The van der Waals surface area contributed by atoms with E-state index in [1.165, 1.54) is 16.8 Å². The third-order valence-corrected chi connectivity index (χ3v) is 3.07. The number of rotatable bonds is 4. The average Bonchev–Trinajstić information content (AvgIpc) is 2.61. The van der Waals surface area contributed by atoms with Gasteiger partial charge in [0.2, 0.25) is 0 Å². The Labute approximate surface area is 131 Å². The number of hydrazine groups is 1. The molecule has 0 fully saturated rings. The van der Waals surface area contributed by atoms with Gasteiger partial charge in [0.1, 0.15) is 0 Å². The fraction of sp³-hybridized carbons (Fsp3) is 0. The van der Waals surface area contributed by atoms with E-state index in [1.54, 1.807) is 55.1 Å². The topological polar surface area (TPSA) is 88.9 Å². The zero-order chi connectivity index (χ0) is 16.1. The molecule has 23 heavy (non-hydrogen) atoms. The molecule has 3 rings (SSSR count). The van der Waals surface area contributed by atoms with E-state index in [-0.39, 0.29) is 11.5 Å². The van der Waals surface area contributed by atoms with Crippen molar-refractivity contribution in [1.29, 1.82) is 0 Å². The summed E-state index contributed by atoms with van der Waals surface area (Å²) >= 11 is 0. The highest BCUT2D eigenvalue weighted by Gasteiger charge is 2.05. The van der Waals surface area contributed by atoms with Crippen molar-refractivity contribution < 1.29 is 4.79 Å². The predicted molar refractivity (Wildman–Crippen MR) is 85.2 cm³/mol. The molecule has 0 spiro atoms. The molecule has 0 aliphatic heterocycles. The third-order valence-electron chi connectivity index (χ3n) is 3.07. The van der Waals surface area contributed by atoms with E-state index < -0.39 is 0 Å². The smallest absolute Gasteiger partial charge is 0.271 e. The van der Waals surface area contributed by atoms with Gasteiger partial charge in [0.15, 0.2) is 0 Å². The zero-order valence-electron chi connectivity index (χ0n) is 12.0. The van der Waals surface area contributed by atoms with Crippen LogP contribution in [0.4, 0.5) is 5.69 Å². The Balaban J connectivity index is 1.75. The molecule has 3 heterocycles. The van der Waals surface area contributed by atoms with Crippen molar-refractivity contribution in [3.05, 3.63) is 83.3 Å². The molecule has 0 atom stereocenters. The van der Waals surface area contributed by atoms with Crippen LogP contribution in [0.2, 0.25) is 0 Å². The molecule has 3 aromatic heterocycles. The van der Waals surface area contributed by atoms with Gasteiger partial charge in [-0.25, -0.2) is 0 Å². The zero-order valence-corrected chi connectivity index (χ0v) is 12.0. The minimum atomic E-state index is -0.319. The lowest BCUT2D eigenvalue weighted by atomic mass is 10.3. The molecule has 3 aromatic rings. The molecule has 2 N–H and O–H groups in total. The number of aromatic nitrogens is 3. The van der Waals surface area contributed by atoms with Crippen LogP contribution in [0.15, 0.2) is 72.2 Å². The molecular weight excluding hydrogens is 294 g/mol. The van der Waals surface area contributed by atoms with Crippen LogP contribution < -0.4 is 16.4 Å². The fourth-order valence-electron chi connectivity index (χ4n) is 1.97. The van der Waals surface area contributed by atoms with Crippen LogP contribution in [0, 0.1) is 0 Å². The van der Waals surface area contributed by atoms with Crippen molar-refractivity contribution in [2.75, 3.05) is 5.43 Å². The Morgan fingerprint density at radius 3 is 2.74 bits per heavy atom. The monoisotopic (exact) mass is 307 g/mol. The Bertz CT molecular complexity index is 877. The maximum atomic E-state index is 11.9. The van der Waals surface area contributed by atoms with E-state index in [2.05, 4.69) is 20.8 Å². The molecule has 0 aliphatic rings. The highest BCUT2D eigenvalue weighted by molar-refractivity contribution is 5.94. The Morgan fingerprint density at radius 2 is 1.96 bits per heavy atom. The van der Waals surface area contributed by atoms with Crippen LogP contribution in [0.25, 0.3) is 5.69 Å². The van der Waals surface area contributed by atoms with Gasteiger partial charge in [-0.3, -0.25) is 35.0 Å². The van der Waals surface area contributed by atoms with E-state index in [9.17, 15) is 9.59 Å². The quantitative estimate of drug-likeness (QED) is 0.711. The first-order chi connectivity index (χ1) is 11.2. The van der Waals surface area contributed by atoms with Crippen LogP contribution in [-0.4, -0.2) is 20.4 Å². The number of hydrogen-bond acceptors (Lipinski definition) is 5.